The topological polar surface area (TPSA) is 43.6 Å². The summed E-state index contributed by atoms with van der Waals surface area (Å²) >= 11 is 0. The standard InChI is InChI=1S/C36H46N4/c1-3-5-7-9-11-16-24-36(25-17-12-10-8-6-4-2)32-20-14-13-19-30(32)31-23-22-29(27-33(31)36)40-28-35(38-39-40)34-21-15-18-26-37-34/h13-15,18-23,26-28H,3-12,16-17,24-25H2,1-2H3. The molecule has 40 heavy (non-hydrogen) atoms. The Morgan fingerprint density at radius 2 is 1.27 bits per heavy atom. The fraction of sp³-hybridized carbons (Fsp3) is 0.472. The molecule has 0 fully saturated rings. The van der Waals surface area contributed by atoms with E-state index in [1.165, 1.54) is 112 Å². The average Bonchev–Trinajstić information content (AvgIpc) is 3.60. The first-order valence-electron chi connectivity index (χ1n) is 15.9. The molecule has 5 rings (SSSR count). The monoisotopic (exact) mass is 534 g/mol. The van der Waals surface area contributed by atoms with Gasteiger partial charge in [-0.2, -0.15) is 0 Å². The minimum atomic E-state index is 0.0713. The second kappa shape index (κ2) is 13.9. The van der Waals surface area contributed by atoms with Crippen molar-refractivity contribution >= 4 is 0 Å². The van der Waals surface area contributed by atoms with Crippen LogP contribution in [0.25, 0.3) is 28.2 Å². The van der Waals surface area contributed by atoms with Gasteiger partial charge in [-0.05, 0) is 59.4 Å². The molecule has 2 aromatic carbocycles. The maximum atomic E-state index is 4.52. The van der Waals surface area contributed by atoms with Gasteiger partial charge in [0, 0.05) is 11.6 Å². The van der Waals surface area contributed by atoms with Crippen LogP contribution in [0.4, 0.5) is 0 Å². The van der Waals surface area contributed by atoms with E-state index in [0.717, 1.165) is 17.1 Å². The molecule has 4 heteroatoms. The number of aromatic nitrogens is 4. The molecule has 4 aromatic rings. The second-order valence-corrected chi connectivity index (χ2v) is 11.7. The fourth-order valence-corrected chi connectivity index (χ4v) is 6.69. The molecule has 0 N–H and O–H groups in total. The lowest BCUT2D eigenvalue weighted by Crippen LogP contribution is -2.25. The molecule has 2 heterocycles. The van der Waals surface area contributed by atoms with Crippen LogP contribution in [0.3, 0.4) is 0 Å². The molecule has 0 aliphatic heterocycles. The molecule has 0 saturated carbocycles. The molecule has 0 saturated heterocycles. The smallest absolute Gasteiger partial charge is 0.131 e. The minimum Gasteiger partial charge on any atom is -0.254 e. The molecular weight excluding hydrogens is 488 g/mol. The van der Waals surface area contributed by atoms with E-state index in [9.17, 15) is 0 Å². The first-order valence-corrected chi connectivity index (χ1v) is 15.9. The lowest BCUT2D eigenvalue weighted by Gasteiger charge is -2.33. The number of rotatable bonds is 16. The van der Waals surface area contributed by atoms with Crippen LogP contribution in [0.15, 0.2) is 73.1 Å². The molecule has 1 aliphatic rings. The summed E-state index contributed by atoms with van der Waals surface area (Å²) in [5.41, 5.74) is 8.66. The summed E-state index contributed by atoms with van der Waals surface area (Å²) in [6, 6.07) is 22.1. The molecule has 0 bridgehead atoms. The fourth-order valence-electron chi connectivity index (χ4n) is 6.69. The predicted octanol–water partition coefficient (Wildman–Crippen LogP) is 10.1. The molecule has 0 amide bonds. The Kier molecular flexibility index (Phi) is 9.81. The van der Waals surface area contributed by atoms with Crippen LogP contribution in [-0.2, 0) is 5.41 Å². The predicted molar refractivity (Wildman–Crippen MR) is 167 cm³/mol. The molecule has 0 radical (unpaired) electrons. The van der Waals surface area contributed by atoms with Crippen LogP contribution in [0.1, 0.15) is 115 Å². The van der Waals surface area contributed by atoms with Crippen LogP contribution < -0.4 is 0 Å². The highest BCUT2D eigenvalue weighted by Gasteiger charge is 2.42. The van der Waals surface area contributed by atoms with Gasteiger partial charge in [0.15, 0.2) is 0 Å². The van der Waals surface area contributed by atoms with Crippen LogP contribution >= 0.6 is 0 Å². The third-order valence-electron chi connectivity index (χ3n) is 8.85. The molecular formula is C36H46N4. The van der Waals surface area contributed by atoms with E-state index in [0.29, 0.717) is 0 Å². The number of pyridine rings is 1. The van der Waals surface area contributed by atoms with Gasteiger partial charge in [-0.3, -0.25) is 4.98 Å². The Bertz CT molecular complexity index is 1320. The number of nitrogens with zero attached hydrogens (tertiary/aromatic N) is 4. The first kappa shape index (κ1) is 28.3. The molecule has 0 spiro atoms. The summed E-state index contributed by atoms with van der Waals surface area (Å²) < 4.78 is 1.92. The van der Waals surface area contributed by atoms with Gasteiger partial charge < -0.3 is 0 Å². The summed E-state index contributed by atoms with van der Waals surface area (Å²) in [6.45, 7) is 4.60. The SMILES string of the molecule is CCCCCCCCC1(CCCCCCCC)c2ccccc2-c2ccc(-n3cc(-c4ccccn4)nn3)cc21. The normalized spacial score (nSPS) is 13.3. The Morgan fingerprint density at radius 1 is 0.625 bits per heavy atom. The molecule has 0 atom stereocenters. The average molecular weight is 535 g/mol. The zero-order valence-corrected chi connectivity index (χ0v) is 24.6. The lowest BCUT2D eigenvalue weighted by molar-refractivity contribution is 0.397. The Labute approximate surface area is 241 Å². The quantitative estimate of drug-likeness (QED) is 0.134. The van der Waals surface area contributed by atoms with Crippen LogP contribution in [0.2, 0.25) is 0 Å². The summed E-state index contributed by atoms with van der Waals surface area (Å²) in [6.07, 6.45) is 22.2. The number of fused-ring (bicyclic) bond motifs is 3. The van der Waals surface area contributed by atoms with Crippen LogP contribution in [0.5, 0.6) is 0 Å². The van der Waals surface area contributed by atoms with E-state index in [2.05, 4.69) is 71.6 Å². The van der Waals surface area contributed by atoms with E-state index in [1.54, 1.807) is 6.20 Å². The van der Waals surface area contributed by atoms with Gasteiger partial charge in [0.25, 0.3) is 0 Å². The number of benzene rings is 2. The van der Waals surface area contributed by atoms with Gasteiger partial charge in [0.05, 0.1) is 17.6 Å². The van der Waals surface area contributed by atoms with Crippen molar-refractivity contribution in [3.8, 4) is 28.2 Å². The first-order chi connectivity index (χ1) is 19.8. The lowest BCUT2D eigenvalue weighted by atomic mass is 9.70. The molecule has 210 valence electrons. The highest BCUT2D eigenvalue weighted by atomic mass is 15.4. The second-order valence-electron chi connectivity index (χ2n) is 11.7. The van der Waals surface area contributed by atoms with Crippen molar-refractivity contribution in [1.29, 1.82) is 0 Å². The van der Waals surface area contributed by atoms with E-state index in [1.807, 2.05) is 29.1 Å². The largest absolute Gasteiger partial charge is 0.254 e. The number of hydrogen-bond acceptors (Lipinski definition) is 3. The van der Waals surface area contributed by atoms with Crippen LogP contribution in [-0.4, -0.2) is 20.0 Å². The Hall–Kier alpha value is -3.27. The van der Waals surface area contributed by atoms with Gasteiger partial charge in [0.2, 0.25) is 0 Å². The van der Waals surface area contributed by atoms with E-state index in [4.69, 9.17) is 0 Å². The van der Waals surface area contributed by atoms with Gasteiger partial charge >= 0.3 is 0 Å². The zero-order valence-electron chi connectivity index (χ0n) is 24.6. The van der Waals surface area contributed by atoms with Crippen LogP contribution in [0, 0.1) is 0 Å². The summed E-state index contributed by atoms with van der Waals surface area (Å²) in [4.78, 5) is 4.47. The van der Waals surface area contributed by atoms with Gasteiger partial charge in [-0.1, -0.05) is 133 Å². The summed E-state index contributed by atoms with van der Waals surface area (Å²) in [7, 11) is 0. The zero-order chi connectivity index (χ0) is 27.6. The Morgan fingerprint density at radius 3 is 1.98 bits per heavy atom. The van der Waals surface area contributed by atoms with Gasteiger partial charge in [0.1, 0.15) is 5.69 Å². The molecule has 0 unspecified atom stereocenters. The number of unbranched alkanes of at least 4 members (excludes halogenated alkanes) is 10. The van der Waals surface area contributed by atoms with Gasteiger partial charge in [-0.15, -0.1) is 5.10 Å². The van der Waals surface area contributed by atoms with Crippen molar-refractivity contribution in [2.24, 2.45) is 0 Å². The maximum absolute atomic E-state index is 4.52. The highest BCUT2D eigenvalue weighted by molar-refractivity contribution is 5.82. The molecule has 2 aromatic heterocycles. The van der Waals surface area contributed by atoms with E-state index < -0.39 is 0 Å². The molecule has 4 nitrogen and oxygen atoms in total. The summed E-state index contributed by atoms with van der Waals surface area (Å²) in [5.74, 6) is 0. The third kappa shape index (κ3) is 6.22. The van der Waals surface area contributed by atoms with Crippen molar-refractivity contribution in [2.75, 3.05) is 0 Å². The highest BCUT2D eigenvalue weighted by Crippen LogP contribution is 2.54. The molecule has 1 aliphatic carbocycles. The van der Waals surface area contributed by atoms with Crippen molar-refractivity contribution in [3.05, 3.63) is 84.2 Å². The van der Waals surface area contributed by atoms with Crippen molar-refractivity contribution in [2.45, 2.75) is 109 Å². The van der Waals surface area contributed by atoms with E-state index >= 15 is 0 Å². The minimum absolute atomic E-state index is 0.0713. The van der Waals surface area contributed by atoms with Crippen molar-refractivity contribution in [1.82, 2.24) is 20.0 Å². The van der Waals surface area contributed by atoms with Crippen molar-refractivity contribution in [3.63, 3.8) is 0 Å². The van der Waals surface area contributed by atoms with Gasteiger partial charge in [-0.25, -0.2) is 4.68 Å². The Balaban J connectivity index is 1.46. The van der Waals surface area contributed by atoms with E-state index in [-0.39, 0.29) is 5.41 Å². The maximum Gasteiger partial charge on any atom is 0.131 e. The summed E-state index contributed by atoms with van der Waals surface area (Å²) in [5, 5.41) is 8.97. The third-order valence-corrected chi connectivity index (χ3v) is 8.85. The van der Waals surface area contributed by atoms with Crippen molar-refractivity contribution < 1.29 is 0 Å². The number of hydrogen-bond donors (Lipinski definition) is 0.